The molecular weight excluding hydrogens is 242 g/mol. The zero-order valence-electron chi connectivity index (χ0n) is 9.05. The van der Waals surface area contributed by atoms with Crippen LogP contribution in [0.25, 0.3) is 0 Å². The Morgan fingerprint density at radius 1 is 1.44 bits per heavy atom. The zero-order valence-corrected chi connectivity index (χ0v) is 10.7. The van der Waals surface area contributed by atoms with Gasteiger partial charge in [-0.05, 0) is 11.4 Å². The molecule has 2 rings (SSSR count). The average Bonchev–Trinajstić information content (AvgIpc) is 2.84. The summed E-state index contributed by atoms with van der Waals surface area (Å²) in [4.78, 5) is 13.9. The third-order valence-corrected chi connectivity index (χ3v) is 4.13. The number of thiophene rings is 1. The van der Waals surface area contributed by atoms with Gasteiger partial charge < -0.3 is 4.74 Å². The Kier molecular flexibility index (Phi) is 4.69. The first-order valence-electron chi connectivity index (χ1n) is 5.36. The van der Waals surface area contributed by atoms with Crippen molar-refractivity contribution in [3.05, 3.63) is 22.4 Å². The zero-order chi connectivity index (χ0) is 11.2. The van der Waals surface area contributed by atoms with Crippen molar-refractivity contribution in [2.75, 3.05) is 37.7 Å². The Morgan fingerprint density at radius 3 is 2.94 bits per heavy atom. The van der Waals surface area contributed by atoms with Gasteiger partial charge in [-0.2, -0.15) is 23.1 Å². The number of carbonyl (C=O) groups excluding carboxylic acids is 1. The number of ether oxygens (including phenoxy) is 1. The fourth-order valence-electron chi connectivity index (χ4n) is 1.56. The highest BCUT2D eigenvalue weighted by molar-refractivity contribution is 7.99. The largest absolute Gasteiger partial charge is 0.461 e. The molecule has 0 N–H and O–H groups in total. The van der Waals surface area contributed by atoms with Crippen LogP contribution in [0.4, 0.5) is 0 Å². The van der Waals surface area contributed by atoms with Gasteiger partial charge in [-0.1, -0.05) is 0 Å². The molecule has 1 aromatic rings. The number of carbonyl (C=O) groups is 1. The van der Waals surface area contributed by atoms with E-state index in [4.69, 9.17) is 4.74 Å². The minimum Gasteiger partial charge on any atom is -0.461 e. The molecule has 5 heteroatoms. The lowest BCUT2D eigenvalue weighted by atomic mass is 10.3. The monoisotopic (exact) mass is 257 g/mol. The topological polar surface area (TPSA) is 29.5 Å². The summed E-state index contributed by atoms with van der Waals surface area (Å²) in [6.07, 6.45) is 0. The van der Waals surface area contributed by atoms with Crippen LogP contribution in [-0.4, -0.2) is 48.6 Å². The number of rotatable bonds is 4. The van der Waals surface area contributed by atoms with Gasteiger partial charge in [-0.3, -0.25) is 4.90 Å². The van der Waals surface area contributed by atoms with E-state index in [-0.39, 0.29) is 5.97 Å². The molecule has 0 spiro atoms. The number of hydrogen-bond acceptors (Lipinski definition) is 5. The Bertz CT molecular complexity index is 321. The molecule has 3 nitrogen and oxygen atoms in total. The van der Waals surface area contributed by atoms with Crippen LogP contribution in [0.2, 0.25) is 0 Å². The molecule has 1 saturated heterocycles. The summed E-state index contributed by atoms with van der Waals surface area (Å²) in [7, 11) is 0. The van der Waals surface area contributed by atoms with E-state index in [2.05, 4.69) is 4.90 Å². The van der Waals surface area contributed by atoms with Crippen LogP contribution >= 0.6 is 23.1 Å². The van der Waals surface area contributed by atoms with E-state index >= 15 is 0 Å². The molecule has 0 unspecified atom stereocenters. The Morgan fingerprint density at radius 2 is 2.25 bits per heavy atom. The van der Waals surface area contributed by atoms with E-state index in [9.17, 15) is 4.79 Å². The minimum absolute atomic E-state index is 0.201. The number of nitrogens with zero attached hydrogens (tertiary/aromatic N) is 1. The van der Waals surface area contributed by atoms with Crippen molar-refractivity contribution in [2.45, 2.75) is 0 Å². The maximum atomic E-state index is 11.5. The van der Waals surface area contributed by atoms with Crippen LogP contribution < -0.4 is 0 Å². The van der Waals surface area contributed by atoms with Crippen LogP contribution in [0.5, 0.6) is 0 Å². The average molecular weight is 257 g/mol. The second-order valence-electron chi connectivity index (χ2n) is 3.60. The lowest BCUT2D eigenvalue weighted by molar-refractivity contribution is 0.0467. The summed E-state index contributed by atoms with van der Waals surface area (Å²) < 4.78 is 5.21. The maximum absolute atomic E-state index is 11.5. The molecule has 0 radical (unpaired) electrons. The highest BCUT2D eigenvalue weighted by Gasteiger charge is 2.11. The quantitative estimate of drug-likeness (QED) is 0.771. The van der Waals surface area contributed by atoms with Gasteiger partial charge in [0.25, 0.3) is 0 Å². The Labute approximate surface area is 104 Å². The molecule has 0 atom stereocenters. The first kappa shape index (κ1) is 12.0. The second kappa shape index (κ2) is 6.27. The summed E-state index contributed by atoms with van der Waals surface area (Å²) in [6, 6.07) is 1.80. The fraction of sp³-hybridized carbons (Fsp3) is 0.545. The molecule has 0 amide bonds. The molecule has 16 heavy (non-hydrogen) atoms. The van der Waals surface area contributed by atoms with Gasteiger partial charge in [0.05, 0.1) is 5.56 Å². The molecule has 2 heterocycles. The highest BCUT2D eigenvalue weighted by Crippen LogP contribution is 2.09. The normalized spacial score (nSPS) is 17.2. The van der Waals surface area contributed by atoms with Gasteiger partial charge in [0.15, 0.2) is 0 Å². The first-order chi connectivity index (χ1) is 7.86. The smallest absolute Gasteiger partial charge is 0.339 e. The van der Waals surface area contributed by atoms with E-state index in [1.165, 1.54) is 22.8 Å². The van der Waals surface area contributed by atoms with Crippen LogP contribution in [0.15, 0.2) is 16.8 Å². The molecule has 1 fully saturated rings. The second-order valence-corrected chi connectivity index (χ2v) is 5.61. The molecular formula is C11H15NO2S2. The van der Waals surface area contributed by atoms with Gasteiger partial charge >= 0.3 is 5.97 Å². The van der Waals surface area contributed by atoms with E-state index in [0.29, 0.717) is 12.2 Å². The minimum atomic E-state index is -0.201. The lowest BCUT2D eigenvalue weighted by Crippen LogP contribution is -2.35. The molecule has 88 valence electrons. The molecule has 0 aliphatic carbocycles. The summed E-state index contributed by atoms with van der Waals surface area (Å²) in [5, 5.41) is 3.71. The number of esters is 1. The SMILES string of the molecule is O=C(OCCN1CCSCC1)c1ccsc1. The van der Waals surface area contributed by atoms with Crippen molar-refractivity contribution in [3.8, 4) is 0 Å². The van der Waals surface area contributed by atoms with Crippen LogP contribution in [0.3, 0.4) is 0 Å². The third-order valence-electron chi connectivity index (χ3n) is 2.50. The highest BCUT2D eigenvalue weighted by atomic mass is 32.2. The molecule has 0 bridgehead atoms. The van der Waals surface area contributed by atoms with Gasteiger partial charge in [-0.15, -0.1) is 0 Å². The summed E-state index contributed by atoms with van der Waals surface area (Å²) in [6.45, 7) is 3.58. The van der Waals surface area contributed by atoms with E-state index in [1.807, 2.05) is 22.5 Å². The van der Waals surface area contributed by atoms with E-state index in [0.717, 1.165) is 19.6 Å². The van der Waals surface area contributed by atoms with Crippen LogP contribution in [-0.2, 0) is 4.74 Å². The van der Waals surface area contributed by atoms with Crippen molar-refractivity contribution in [1.82, 2.24) is 4.90 Å². The number of hydrogen-bond donors (Lipinski definition) is 0. The van der Waals surface area contributed by atoms with Gasteiger partial charge in [0.2, 0.25) is 0 Å². The lowest BCUT2D eigenvalue weighted by Gasteiger charge is -2.25. The predicted octanol–water partition coefficient (Wildman–Crippen LogP) is 1.95. The van der Waals surface area contributed by atoms with E-state index < -0.39 is 0 Å². The summed E-state index contributed by atoms with van der Waals surface area (Å²) >= 11 is 3.50. The fourth-order valence-corrected chi connectivity index (χ4v) is 3.16. The van der Waals surface area contributed by atoms with Crippen molar-refractivity contribution in [3.63, 3.8) is 0 Å². The van der Waals surface area contributed by atoms with Gasteiger partial charge in [-0.25, -0.2) is 4.79 Å². The predicted molar refractivity (Wildman–Crippen MR) is 68.4 cm³/mol. The van der Waals surface area contributed by atoms with Gasteiger partial charge in [0.1, 0.15) is 6.61 Å². The van der Waals surface area contributed by atoms with Gasteiger partial charge in [0, 0.05) is 36.5 Å². The summed E-state index contributed by atoms with van der Waals surface area (Å²) in [5.41, 5.74) is 0.666. The Hall–Kier alpha value is -0.520. The van der Waals surface area contributed by atoms with Crippen LogP contribution in [0.1, 0.15) is 10.4 Å². The van der Waals surface area contributed by atoms with Crippen molar-refractivity contribution in [1.29, 1.82) is 0 Å². The van der Waals surface area contributed by atoms with Crippen molar-refractivity contribution >= 4 is 29.1 Å². The third kappa shape index (κ3) is 3.50. The first-order valence-corrected chi connectivity index (χ1v) is 7.45. The summed E-state index contributed by atoms with van der Waals surface area (Å²) in [5.74, 6) is 2.18. The van der Waals surface area contributed by atoms with Crippen molar-refractivity contribution < 1.29 is 9.53 Å². The molecule has 1 aliphatic rings. The number of thioether (sulfide) groups is 1. The van der Waals surface area contributed by atoms with Crippen molar-refractivity contribution in [2.24, 2.45) is 0 Å². The standard InChI is InChI=1S/C11H15NO2S2/c13-11(10-1-6-16-9-10)14-5-2-12-3-7-15-8-4-12/h1,6,9H,2-5,7-8H2. The Balaban J connectivity index is 1.66. The molecule has 0 saturated carbocycles. The van der Waals surface area contributed by atoms with E-state index in [1.54, 1.807) is 6.07 Å². The molecule has 1 aromatic heterocycles. The molecule has 0 aromatic carbocycles. The maximum Gasteiger partial charge on any atom is 0.339 e. The molecule has 1 aliphatic heterocycles. The van der Waals surface area contributed by atoms with Crippen LogP contribution in [0, 0.1) is 0 Å².